The molecule has 4 heteroatoms. The lowest BCUT2D eigenvalue weighted by atomic mass is 9.75. The highest BCUT2D eigenvalue weighted by atomic mass is 16.2. The zero-order valence-corrected chi connectivity index (χ0v) is 11.3. The second-order valence-electron chi connectivity index (χ2n) is 5.59. The van der Waals surface area contributed by atoms with E-state index in [1.165, 1.54) is 0 Å². The number of aldehydes is 1. The van der Waals surface area contributed by atoms with Crippen molar-refractivity contribution >= 4 is 23.5 Å². The summed E-state index contributed by atoms with van der Waals surface area (Å²) in [6.07, 6.45) is 2.83. The minimum Gasteiger partial charge on any atom is -0.371 e. The van der Waals surface area contributed by atoms with Gasteiger partial charge in [0.15, 0.2) is 6.29 Å². The molecule has 2 aliphatic rings. The van der Waals surface area contributed by atoms with Gasteiger partial charge in [0.25, 0.3) is 0 Å². The Morgan fingerprint density at radius 3 is 2.20 bits per heavy atom. The molecule has 1 aromatic rings. The lowest BCUT2D eigenvalue weighted by Gasteiger charge is -2.38. The van der Waals surface area contributed by atoms with Crippen LogP contribution < -0.4 is 4.90 Å². The van der Waals surface area contributed by atoms with Crippen LogP contribution in [0.2, 0.25) is 0 Å². The third-order valence-electron chi connectivity index (χ3n) is 4.67. The van der Waals surface area contributed by atoms with Gasteiger partial charge in [-0.15, -0.1) is 0 Å². The number of para-hydroxylation sites is 1. The number of benzene rings is 1. The molecule has 0 unspecified atom stereocenters. The van der Waals surface area contributed by atoms with Gasteiger partial charge < -0.3 is 4.90 Å². The first-order valence-corrected chi connectivity index (χ1v) is 7.03. The molecule has 1 heterocycles. The number of hydrogen-bond acceptors (Lipinski definition) is 4. The fraction of sp³-hybridized carbons (Fsp3) is 0.438. The van der Waals surface area contributed by atoms with Crippen LogP contribution in [0.4, 0.5) is 5.69 Å². The first-order valence-electron chi connectivity index (χ1n) is 7.03. The van der Waals surface area contributed by atoms with Crippen molar-refractivity contribution in [1.82, 2.24) is 0 Å². The number of anilines is 1. The molecular weight excluding hydrogens is 254 g/mol. The van der Waals surface area contributed by atoms with Crippen molar-refractivity contribution in [3.8, 4) is 0 Å². The highest BCUT2D eigenvalue weighted by Crippen LogP contribution is 2.42. The molecule has 4 nitrogen and oxygen atoms in total. The molecule has 104 valence electrons. The van der Waals surface area contributed by atoms with E-state index >= 15 is 0 Å². The quantitative estimate of drug-likeness (QED) is 0.610. The number of hydrogen-bond donors (Lipinski definition) is 0. The molecule has 0 amide bonds. The highest BCUT2D eigenvalue weighted by molar-refractivity contribution is 6.13. The summed E-state index contributed by atoms with van der Waals surface area (Å²) in [7, 11) is 0. The molecule has 1 spiro atoms. The van der Waals surface area contributed by atoms with Crippen LogP contribution in [0.5, 0.6) is 0 Å². The Labute approximate surface area is 117 Å². The zero-order valence-electron chi connectivity index (χ0n) is 11.3. The number of Topliss-reactive ketones (excluding diaryl/α,β-unsaturated/α-hetero) is 2. The standard InChI is InChI=1S/C16H17NO3/c18-11-12-3-1-2-4-13(12)17-9-7-16(8-10-17)14(19)5-6-15(16)20/h1-4,11H,5-10H2. The number of carbonyl (C=O) groups excluding carboxylic acids is 3. The molecule has 0 N–H and O–H groups in total. The van der Waals surface area contributed by atoms with E-state index in [1.807, 2.05) is 18.2 Å². The third kappa shape index (κ3) is 1.87. The zero-order chi connectivity index (χ0) is 14.2. The Hall–Kier alpha value is -1.97. The first kappa shape index (κ1) is 13.0. The normalized spacial score (nSPS) is 21.5. The largest absolute Gasteiger partial charge is 0.371 e. The van der Waals surface area contributed by atoms with E-state index in [-0.39, 0.29) is 11.6 Å². The average molecular weight is 271 g/mol. The molecule has 1 saturated carbocycles. The van der Waals surface area contributed by atoms with Gasteiger partial charge in [0.05, 0.1) is 5.41 Å². The Morgan fingerprint density at radius 2 is 1.60 bits per heavy atom. The minimum atomic E-state index is -0.716. The first-order chi connectivity index (χ1) is 9.67. The van der Waals surface area contributed by atoms with Crippen LogP contribution in [-0.4, -0.2) is 30.9 Å². The van der Waals surface area contributed by atoms with Crippen molar-refractivity contribution < 1.29 is 14.4 Å². The van der Waals surface area contributed by atoms with Crippen molar-refractivity contribution in [2.75, 3.05) is 18.0 Å². The molecule has 1 aromatic carbocycles. The van der Waals surface area contributed by atoms with Crippen LogP contribution in [0.25, 0.3) is 0 Å². The Bertz CT molecular complexity index is 553. The average Bonchev–Trinajstić information content (AvgIpc) is 2.77. The molecule has 1 aliphatic heterocycles. The van der Waals surface area contributed by atoms with Gasteiger partial charge in [0, 0.05) is 37.2 Å². The summed E-state index contributed by atoms with van der Waals surface area (Å²) in [6, 6.07) is 7.44. The molecule has 3 rings (SSSR count). The molecule has 0 atom stereocenters. The van der Waals surface area contributed by atoms with Gasteiger partial charge in [-0.2, -0.15) is 0 Å². The summed E-state index contributed by atoms with van der Waals surface area (Å²) in [4.78, 5) is 37.3. The van der Waals surface area contributed by atoms with E-state index < -0.39 is 5.41 Å². The number of rotatable bonds is 2. The maximum absolute atomic E-state index is 12.0. The maximum Gasteiger partial charge on any atom is 0.152 e. The summed E-state index contributed by atoms with van der Waals surface area (Å²) in [5.74, 6) is 0.233. The second kappa shape index (κ2) is 4.85. The van der Waals surface area contributed by atoms with Gasteiger partial charge in [-0.3, -0.25) is 14.4 Å². The summed E-state index contributed by atoms with van der Waals surface area (Å²) >= 11 is 0. The van der Waals surface area contributed by atoms with E-state index in [4.69, 9.17) is 0 Å². The molecule has 0 radical (unpaired) electrons. The van der Waals surface area contributed by atoms with Crippen molar-refractivity contribution in [2.45, 2.75) is 25.7 Å². The molecule has 1 aliphatic carbocycles. The van der Waals surface area contributed by atoms with Crippen LogP contribution in [0, 0.1) is 5.41 Å². The van der Waals surface area contributed by atoms with Crippen LogP contribution in [0.3, 0.4) is 0 Å². The summed E-state index contributed by atoms with van der Waals surface area (Å²) in [5, 5.41) is 0. The Balaban J connectivity index is 1.81. The van der Waals surface area contributed by atoms with Crippen LogP contribution in [0.1, 0.15) is 36.0 Å². The van der Waals surface area contributed by atoms with Crippen molar-refractivity contribution in [3.05, 3.63) is 29.8 Å². The van der Waals surface area contributed by atoms with E-state index in [1.54, 1.807) is 6.07 Å². The van der Waals surface area contributed by atoms with E-state index in [9.17, 15) is 14.4 Å². The molecule has 1 saturated heterocycles. The van der Waals surface area contributed by atoms with Crippen molar-refractivity contribution in [3.63, 3.8) is 0 Å². The third-order valence-corrected chi connectivity index (χ3v) is 4.67. The lowest BCUT2D eigenvalue weighted by molar-refractivity contribution is -0.136. The SMILES string of the molecule is O=Cc1ccccc1N1CCC2(CC1)C(=O)CCC2=O. The van der Waals surface area contributed by atoms with Gasteiger partial charge in [-0.1, -0.05) is 12.1 Å². The van der Waals surface area contributed by atoms with E-state index in [0.29, 0.717) is 44.3 Å². The maximum atomic E-state index is 12.0. The summed E-state index contributed by atoms with van der Waals surface area (Å²) in [5.41, 5.74) is 0.842. The van der Waals surface area contributed by atoms with Gasteiger partial charge in [0.1, 0.15) is 11.6 Å². The van der Waals surface area contributed by atoms with Gasteiger partial charge >= 0.3 is 0 Å². The van der Waals surface area contributed by atoms with Gasteiger partial charge in [0.2, 0.25) is 0 Å². The summed E-state index contributed by atoms with van der Waals surface area (Å²) < 4.78 is 0. The topological polar surface area (TPSA) is 54.5 Å². The molecule has 0 aromatic heterocycles. The van der Waals surface area contributed by atoms with Crippen LogP contribution in [-0.2, 0) is 9.59 Å². The van der Waals surface area contributed by atoms with E-state index in [2.05, 4.69) is 4.90 Å². The number of piperidine rings is 1. The van der Waals surface area contributed by atoms with Crippen LogP contribution in [0.15, 0.2) is 24.3 Å². The number of nitrogens with zero attached hydrogens (tertiary/aromatic N) is 1. The van der Waals surface area contributed by atoms with Gasteiger partial charge in [-0.05, 0) is 25.0 Å². The predicted octanol–water partition coefficient (Wildman–Crippen LogP) is 2.02. The number of ketones is 2. The van der Waals surface area contributed by atoms with Crippen molar-refractivity contribution in [2.24, 2.45) is 5.41 Å². The Morgan fingerprint density at radius 1 is 1.00 bits per heavy atom. The highest BCUT2D eigenvalue weighted by Gasteiger charge is 2.50. The fourth-order valence-corrected chi connectivity index (χ4v) is 3.42. The predicted molar refractivity (Wildman–Crippen MR) is 75.0 cm³/mol. The van der Waals surface area contributed by atoms with Gasteiger partial charge in [-0.25, -0.2) is 0 Å². The monoisotopic (exact) mass is 271 g/mol. The van der Waals surface area contributed by atoms with Crippen molar-refractivity contribution in [1.29, 1.82) is 0 Å². The number of carbonyl (C=O) groups is 3. The molecule has 2 fully saturated rings. The van der Waals surface area contributed by atoms with Crippen LogP contribution >= 0.6 is 0 Å². The summed E-state index contributed by atoms with van der Waals surface area (Å²) in [6.45, 7) is 1.31. The lowest BCUT2D eigenvalue weighted by Crippen LogP contribution is -2.46. The molecule has 20 heavy (non-hydrogen) atoms. The molecular formula is C16H17NO3. The smallest absolute Gasteiger partial charge is 0.152 e. The Kier molecular flexibility index (Phi) is 3.16. The molecule has 0 bridgehead atoms. The fourth-order valence-electron chi connectivity index (χ4n) is 3.42. The van der Waals surface area contributed by atoms with E-state index in [0.717, 1.165) is 12.0 Å². The second-order valence-corrected chi connectivity index (χ2v) is 5.59. The minimum absolute atomic E-state index is 0.117.